The number of ether oxygens (including phenoxy) is 3. The summed E-state index contributed by atoms with van der Waals surface area (Å²) >= 11 is 0. The Morgan fingerprint density at radius 3 is 3.03 bits per heavy atom. The molecule has 1 amide bonds. The van der Waals surface area contributed by atoms with Crippen LogP contribution in [0.25, 0.3) is 11.3 Å². The molecule has 0 saturated heterocycles. The average Bonchev–Trinajstić information content (AvgIpc) is 3.23. The Morgan fingerprint density at radius 2 is 2.13 bits per heavy atom. The topological polar surface area (TPSA) is 89.6 Å². The molecule has 0 radical (unpaired) electrons. The average molecular weight is 406 g/mol. The van der Waals surface area contributed by atoms with E-state index in [-0.39, 0.29) is 5.91 Å². The highest BCUT2D eigenvalue weighted by Gasteiger charge is 2.30. The van der Waals surface area contributed by atoms with Gasteiger partial charge in [0.2, 0.25) is 5.88 Å². The van der Waals surface area contributed by atoms with Crippen molar-refractivity contribution in [1.29, 1.82) is 0 Å². The van der Waals surface area contributed by atoms with Crippen molar-refractivity contribution in [2.75, 3.05) is 26.9 Å². The van der Waals surface area contributed by atoms with E-state index in [1.54, 1.807) is 7.11 Å². The van der Waals surface area contributed by atoms with Gasteiger partial charge in [-0.1, -0.05) is 18.2 Å². The van der Waals surface area contributed by atoms with Crippen molar-refractivity contribution in [2.45, 2.75) is 19.6 Å². The number of carbonyl (C=O) groups excluding carboxylic acids is 1. The largest absolute Gasteiger partial charge is 0.488 e. The molecule has 1 aromatic carbocycles. The molecule has 154 valence electrons. The summed E-state index contributed by atoms with van der Waals surface area (Å²) in [5.74, 6) is 1.30. The number of H-pyrrole nitrogens is 1. The molecule has 2 aliphatic heterocycles. The zero-order valence-corrected chi connectivity index (χ0v) is 16.7. The van der Waals surface area contributed by atoms with Crippen molar-refractivity contribution in [2.24, 2.45) is 0 Å². The van der Waals surface area contributed by atoms with Gasteiger partial charge in [-0.15, -0.1) is 0 Å². The first-order valence-corrected chi connectivity index (χ1v) is 9.94. The molecule has 0 fully saturated rings. The third-order valence-electron chi connectivity index (χ3n) is 5.44. The molecule has 3 aromatic rings. The van der Waals surface area contributed by atoms with Crippen LogP contribution in [0.1, 0.15) is 27.3 Å². The maximum atomic E-state index is 13.2. The SMILES string of the molecule is COCCOc1ccc2c(n1)CCN(C(=O)c1[nH]nc3c1COc1ccccc1-3)C2. The minimum Gasteiger partial charge on any atom is -0.488 e. The molecule has 2 aromatic heterocycles. The van der Waals surface area contributed by atoms with Gasteiger partial charge in [0.05, 0.1) is 12.3 Å². The van der Waals surface area contributed by atoms with Gasteiger partial charge in [0, 0.05) is 43.8 Å². The maximum Gasteiger partial charge on any atom is 0.272 e. The highest BCUT2D eigenvalue weighted by atomic mass is 16.5. The molecule has 8 nitrogen and oxygen atoms in total. The molecule has 1 N–H and O–H groups in total. The molecule has 4 heterocycles. The van der Waals surface area contributed by atoms with E-state index >= 15 is 0 Å². The zero-order valence-electron chi connectivity index (χ0n) is 16.7. The van der Waals surface area contributed by atoms with Crippen molar-refractivity contribution in [3.63, 3.8) is 0 Å². The Balaban J connectivity index is 1.34. The normalized spacial score (nSPS) is 14.4. The molecule has 5 rings (SSSR count). The van der Waals surface area contributed by atoms with Crippen LogP contribution in [0.5, 0.6) is 11.6 Å². The number of fused-ring (bicyclic) bond motifs is 4. The van der Waals surface area contributed by atoms with Crippen molar-refractivity contribution in [3.05, 3.63) is 58.9 Å². The molecule has 2 aliphatic rings. The quantitative estimate of drug-likeness (QED) is 0.655. The number of rotatable bonds is 5. The lowest BCUT2D eigenvalue weighted by molar-refractivity contribution is 0.0724. The standard InChI is InChI=1S/C22H22N4O4/c1-28-10-11-29-19-7-6-14-12-26(9-8-17(14)23-19)22(27)21-16-13-30-18-5-3-2-4-15(18)20(16)24-25-21/h2-7H,8-13H2,1H3,(H,24,25). The summed E-state index contributed by atoms with van der Waals surface area (Å²) in [6.45, 7) is 2.40. The van der Waals surface area contributed by atoms with Crippen molar-refractivity contribution >= 4 is 5.91 Å². The predicted octanol–water partition coefficient (Wildman–Crippen LogP) is 2.59. The lowest BCUT2D eigenvalue weighted by atomic mass is 10.0. The van der Waals surface area contributed by atoms with Gasteiger partial charge >= 0.3 is 0 Å². The first kappa shape index (κ1) is 18.6. The van der Waals surface area contributed by atoms with Crippen molar-refractivity contribution in [1.82, 2.24) is 20.1 Å². The van der Waals surface area contributed by atoms with Gasteiger partial charge in [0.25, 0.3) is 5.91 Å². The van der Waals surface area contributed by atoms with Crippen LogP contribution in [0.2, 0.25) is 0 Å². The number of aromatic amines is 1. The fraction of sp³-hybridized carbons (Fsp3) is 0.318. The first-order valence-electron chi connectivity index (χ1n) is 9.94. The van der Waals surface area contributed by atoms with Crippen LogP contribution in [0.15, 0.2) is 36.4 Å². The zero-order chi connectivity index (χ0) is 20.5. The van der Waals surface area contributed by atoms with Gasteiger partial charge in [0.1, 0.15) is 30.4 Å². The van der Waals surface area contributed by atoms with E-state index < -0.39 is 0 Å². The van der Waals surface area contributed by atoms with E-state index in [2.05, 4.69) is 15.2 Å². The van der Waals surface area contributed by atoms with E-state index in [0.717, 1.165) is 33.8 Å². The van der Waals surface area contributed by atoms with Crippen LogP contribution in [-0.4, -0.2) is 52.9 Å². The lowest BCUT2D eigenvalue weighted by Gasteiger charge is -2.28. The summed E-state index contributed by atoms with van der Waals surface area (Å²) in [6.07, 6.45) is 0.679. The smallest absolute Gasteiger partial charge is 0.272 e. The second kappa shape index (κ2) is 7.79. The molecule has 0 saturated carbocycles. The Hall–Kier alpha value is -3.39. The lowest BCUT2D eigenvalue weighted by Crippen LogP contribution is -2.37. The number of hydrogen-bond donors (Lipinski definition) is 1. The minimum atomic E-state index is -0.0715. The number of benzene rings is 1. The Kier molecular flexibility index (Phi) is 4.84. The van der Waals surface area contributed by atoms with E-state index in [1.165, 1.54) is 0 Å². The van der Waals surface area contributed by atoms with E-state index in [9.17, 15) is 4.79 Å². The molecule has 0 aliphatic carbocycles. The van der Waals surface area contributed by atoms with Crippen molar-refractivity contribution in [3.8, 4) is 22.9 Å². The maximum absolute atomic E-state index is 13.2. The molecule has 30 heavy (non-hydrogen) atoms. The number of hydrogen-bond acceptors (Lipinski definition) is 6. The fourth-order valence-corrected chi connectivity index (χ4v) is 3.88. The molecule has 0 spiro atoms. The van der Waals surface area contributed by atoms with E-state index in [1.807, 2.05) is 41.3 Å². The van der Waals surface area contributed by atoms with Gasteiger partial charge in [0.15, 0.2) is 0 Å². The number of para-hydroxylation sites is 1. The highest BCUT2D eigenvalue weighted by molar-refractivity contribution is 5.96. The third-order valence-corrected chi connectivity index (χ3v) is 5.44. The van der Waals surface area contributed by atoms with Crippen LogP contribution in [0.4, 0.5) is 0 Å². The van der Waals surface area contributed by atoms with Gasteiger partial charge in [-0.05, 0) is 17.7 Å². The predicted molar refractivity (Wildman–Crippen MR) is 108 cm³/mol. The molecule has 0 atom stereocenters. The molecular formula is C22H22N4O4. The highest BCUT2D eigenvalue weighted by Crippen LogP contribution is 2.37. The summed E-state index contributed by atoms with van der Waals surface area (Å²) in [5, 5.41) is 7.36. The first-order chi connectivity index (χ1) is 14.7. The van der Waals surface area contributed by atoms with Gasteiger partial charge in [-0.3, -0.25) is 9.89 Å². The number of nitrogens with one attached hydrogen (secondary N) is 1. The van der Waals surface area contributed by atoms with Crippen molar-refractivity contribution < 1.29 is 19.0 Å². The van der Waals surface area contributed by atoms with E-state index in [0.29, 0.717) is 50.9 Å². The summed E-state index contributed by atoms with van der Waals surface area (Å²) in [4.78, 5) is 19.6. The number of carbonyl (C=O) groups is 1. The molecular weight excluding hydrogens is 384 g/mol. The summed E-state index contributed by atoms with van der Waals surface area (Å²) in [6, 6.07) is 11.6. The Morgan fingerprint density at radius 1 is 1.23 bits per heavy atom. The van der Waals surface area contributed by atoms with Crippen LogP contribution in [-0.2, 0) is 24.3 Å². The van der Waals surface area contributed by atoms with Gasteiger partial charge in [-0.25, -0.2) is 4.98 Å². The van der Waals surface area contributed by atoms with Crippen LogP contribution >= 0.6 is 0 Å². The second-order valence-corrected chi connectivity index (χ2v) is 7.28. The van der Waals surface area contributed by atoms with Gasteiger partial charge in [-0.2, -0.15) is 5.10 Å². The Labute approximate surface area is 173 Å². The summed E-state index contributed by atoms with van der Waals surface area (Å²) in [5.41, 5.74) is 5.00. The molecule has 0 bridgehead atoms. The monoisotopic (exact) mass is 406 g/mol. The fourth-order valence-electron chi connectivity index (χ4n) is 3.88. The number of aromatic nitrogens is 3. The Bertz CT molecular complexity index is 1090. The van der Waals surface area contributed by atoms with Crippen LogP contribution in [0.3, 0.4) is 0 Å². The number of amides is 1. The van der Waals surface area contributed by atoms with Gasteiger partial charge < -0.3 is 19.1 Å². The summed E-state index contributed by atoms with van der Waals surface area (Å²) in [7, 11) is 1.64. The summed E-state index contributed by atoms with van der Waals surface area (Å²) < 4.78 is 16.4. The van der Waals surface area contributed by atoms with E-state index in [4.69, 9.17) is 14.2 Å². The number of pyridine rings is 1. The number of methoxy groups -OCH3 is 1. The number of nitrogens with zero attached hydrogens (tertiary/aromatic N) is 3. The van der Waals surface area contributed by atoms with Crippen LogP contribution in [0, 0.1) is 0 Å². The molecule has 0 unspecified atom stereocenters. The second-order valence-electron chi connectivity index (χ2n) is 7.28. The van der Waals surface area contributed by atoms with Crippen LogP contribution < -0.4 is 9.47 Å². The molecule has 8 heteroatoms. The third kappa shape index (κ3) is 3.29. The minimum absolute atomic E-state index is 0.0715.